The Hall–Kier alpha value is -3.27. The van der Waals surface area contributed by atoms with Crippen molar-refractivity contribution >= 4 is 17.5 Å². The van der Waals surface area contributed by atoms with Gasteiger partial charge in [0.2, 0.25) is 0 Å². The molecule has 2 amide bonds. The minimum Gasteiger partial charge on any atom is -0.366 e. The Balaban J connectivity index is 2.42. The quantitative estimate of drug-likeness (QED) is 0.904. The van der Waals surface area contributed by atoms with Gasteiger partial charge in [0.15, 0.2) is 0 Å². The lowest BCUT2D eigenvalue weighted by molar-refractivity contribution is 0.0973. The van der Waals surface area contributed by atoms with Crippen molar-refractivity contribution in [1.82, 2.24) is 4.98 Å². The second-order valence-corrected chi connectivity index (χ2v) is 4.96. The maximum atomic E-state index is 13.2. The number of nitriles is 1. The van der Waals surface area contributed by atoms with E-state index < -0.39 is 17.6 Å². The number of nitrogens with one attached hydrogen (secondary N) is 1. The van der Waals surface area contributed by atoms with E-state index in [4.69, 9.17) is 11.0 Å². The molecule has 1 heterocycles. The standard InChI is InChI=1S/C16H13FN4O2/c1-8-3-10(6-18)4-9(2)13(8)21-16(23)14-12(15(19)22)5-11(17)7-20-14/h3-5,7H,1-2H3,(H2,19,22)(H,21,23). The highest BCUT2D eigenvalue weighted by molar-refractivity contribution is 6.10. The molecule has 0 aliphatic carbocycles. The van der Waals surface area contributed by atoms with Gasteiger partial charge < -0.3 is 11.1 Å². The van der Waals surface area contributed by atoms with E-state index in [9.17, 15) is 14.0 Å². The molecule has 0 radical (unpaired) electrons. The first-order chi connectivity index (χ1) is 10.8. The summed E-state index contributed by atoms with van der Waals surface area (Å²) in [5, 5.41) is 11.5. The molecule has 1 aromatic heterocycles. The van der Waals surface area contributed by atoms with Gasteiger partial charge in [-0.1, -0.05) is 0 Å². The number of aromatic nitrogens is 1. The minimum absolute atomic E-state index is 0.262. The van der Waals surface area contributed by atoms with Crippen LogP contribution in [0.2, 0.25) is 0 Å². The van der Waals surface area contributed by atoms with Gasteiger partial charge in [-0.15, -0.1) is 0 Å². The van der Waals surface area contributed by atoms with Gasteiger partial charge in [-0.2, -0.15) is 5.26 Å². The van der Waals surface area contributed by atoms with E-state index in [1.807, 2.05) is 6.07 Å². The fourth-order valence-electron chi connectivity index (χ4n) is 2.21. The molecule has 2 rings (SSSR count). The third-order valence-corrected chi connectivity index (χ3v) is 3.24. The van der Waals surface area contributed by atoms with Crippen LogP contribution in [0.1, 0.15) is 37.5 Å². The number of pyridine rings is 1. The number of halogens is 1. The molecule has 2 aromatic rings. The Morgan fingerprint density at radius 2 is 1.87 bits per heavy atom. The summed E-state index contributed by atoms with van der Waals surface area (Å²) in [4.78, 5) is 27.3. The van der Waals surface area contributed by atoms with Gasteiger partial charge in [0.05, 0.1) is 23.4 Å². The van der Waals surface area contributed by atoms with Crippen LogP contribution in [0.15, 0.2) is 24.4 Å². The molecule has 0 unspecified atom stereocenters. The van der Waals surface area contributed by atoms with Crippen LogP contribution in [0, 0.1) is 31.0 Å². The number of primary amides is 1. The molecule has 7 heteroatoms. The Morgan fingerprint density at radius 3 is 2.39 bits per heavy atom. The van der Waals surface area contributed by atoms with Gasteiger partial charge in [0.25, 0.3) is 11.8 Å². The van der Waals surface area contributed by atoms with E-state index in [-0.39, 0.29) is 11.3 Å². The van der Waals surface area contributed by atoms with Crippen molar-refractivity contribution in [2.75, 3.05) is 5.32 Å². The summed E-state index contributed by atoms with van der Waals surface area (Å²) in [5.41, 5.74) is 6.91. The third-order valence-electron chi connectivity index (χ3n) is 3.24. The molecule has 0 aliphatic heterocycles. The molecule has 0 saturated heterocycles. The number of hydrogen-bond donors (Lipinski definition) is 2. The summed E-state index contributed by atoms with van der Waals surface area (Å²) in [7, 11) is 0. The van der Waals surface area contributed by atoms with Gasteiger partial charge in [-0.3, -0.25) is 9.59 Å². The molecule has 3 N–H and O–H groups in total. The molecule has 0 aliphatic rings. The Morgan fingerprint density at radius 1 is 1.26 bits per heavy atom. The number of anilines is 1. The summed E-state index contributed by atoms with van der Waals surface area (Å²) >= 11 is 0. The summed E-state index contributed by atoms with van der Waals surface area (Å²) in [5.74, 6) is -2.40. The maximum Gasteiger partial charge on any atom is 0.275 e. The summed E-state index contributed by atoms with van der Waals surface area (Å²) in [6, 6.07) is 6.13. The summed E-state index contributed by atoms with van der Waals surface area (Å²) < 4.78 is 13.2. The molecular formula is C16H13FN4O2. The van der Waals surface area contributed by atoms with Crippen molar-refractivity contribution in [1.29, 1.82) is 5.26 Å². The molecule has 6 nitrogen and oxygen atoms in total. The van der Waals surface area contributed by atoms with Crippen LogP contribution in [-0.2, 0) is 0 Å². The number of nitrogens with zero attached hydrogens (tertiary/aromatic N) is 2. The first kappa shape index (κ1) is 16.1. The normalized spacial score (nSPS) is 10.0. The predicted octanol–water partition coefficient (Wildman–Crippen LogP) is 2.06. The van der Waals surface area contributed by atoms with Gasteiger partial charge in [-0.25, -0.2) is 9.37 Å². The number of hydrogen-bond acceptors (Lipinski definition) is 4. The zero-order chi connectivity index (χ0) is 17.1. The lowest BCUT2D eigenvalue weighted by Crippen LogP contribution is -2.22. The SMILES string of the molecule is Cc1cc(C#N)cc(C)c1NC(=O)c1ncc(F)cc1C(N)=O. The van der Waals surface area contributed by atoms with Gasteiger partial charge in [0.1, 0.15) is 11.5 Å². The van der Waals surface area contributed by atoms with Gasteiger partial charge in [0, 0.05) is 5.69 Å². The molecule has 0 spiro atoms. The first-order valence-corrected chi connectivity index (χ1v) is 6.61. The van der Waals surface area contributed by atoms with E-state index in [2.05, 4.69) is 10.3 Å². The smallest absolute Gasteiger partial charge is 0.275 e. The van der Waals surface area contributed by atoms with Crippen LogP contribution < -0.4 is 11.1 Å². The van der Waals surface area contributed by atoms with Crippen molar-refractivity contribution < 1.29 is 14.0 Å². The van der Waals surface area contributed by atoms with E-state index in [0.717, 1.165) is 12.3 Å². The van der Waals surface area contributed by atoms with Crippen molar-refractivity contribution in [3.8, 4) is 6.07 Å². The number of carbonyl (C=O) groups is 2. The second-order valence-electron chi connectivity index (χ2n) is 4.96. The molecule has 0 bridgehead atoms. The lowest BCUT2D eigenvalue weighted by atomic mass is 10.0. The van der Waals surface area contributed by atoms with Crippen LogP contribution in [0.5, 0.6) is 0 Å². The van der Waals surface area contributed by atoms with Crippen LogP contribution in [0.25, 0.3) is 0 Å². The Labute approximate surface area is 131 Å². The first-order valence-electron chi connectivity index (χ1n) is 6.61. The number of aryl methyl sites for hydroxylation is 2. The monoisotopic (exact) mass is 312 g/mol. The van der Waals surface area contributed by atoms with Crippen LogP contribution >= 0.6 is 0 Å². The van der Waals surface area contributed by atoms with Crippen LogP contribution in [-0.4, -0.2) is 16.8 Å². The third kappa shape index (κ3) is 3.32. The highest BCUT2D eigenvalue weighted by Gasteiger charge is 2.19. The fourth-order valence-corrected chi connectivity index (χ4v) is 2.21. The molecular weight excluding hydrogens is 299 g/mol. The molecule has 23 heavy (non-hydrogen) atoms. The fraction of sp³-hybridized carbons (Fsp3) is 0.125. The number of benzene rings is 1. The number of amides is 2. The van der Waals surface area contributed by atoms with Crippen LogP contribution in [0.4, 0.5) is 10.1 Å². The molecule has 116 valence electrons. The minimum atomic E-state index is -0.949. The van der Waals surface area contributed by atoms with E-state index in [1.165, 1.54) is 0 Å². The highest BCUT2D eigenvalue weighted by Crippen LogP contribution is 2.23. The molecule has 1 aromatic carbocycles. The maximum absolute atomic E-state index is 13.2. The average Bonchev–Trinajstić information content (AvgIpc) is 2.50. The predicted molar refractivity (Wildman–Crippen MR) is 81.3 cm³/mol. The molecule has 0 saturated carbocycles. The van der Waals surface area contributed by atoms with E-state index in [0.29, 0.717) is 22.4 Å². The second kappa shape index (κ2) is 6.23. The largest absolute Gasteiger partial charge is 0.366 e. The Bertz CT molecular complexity index is 833. The molecule has 0 atom stereocenters. The number of nitrogens with two attached hydrogens (primary N) is 1. The van der Waals surface area contributed by atoms with Crippen molar-refractivity contribution in [3.05, 3.63) is 58.2 Å². The van der Waals surface area contributed by atoms with E-state index >= 15 is 0 Å². The van der Waals surface area contributed by atoms with E-state index in [1.54, 1.807) is 26.0 Å². The van der Waals surface area contributed by atoms with Crippen molar-refractivity contribution in [3.63, 3.8) is 0 Å². The van der Waals surface area contributed by atoms with Gasteiger partial charge >= 0.3 is 0 Å². The molecule has 0 fully saturated rings. The number of carbonyl (C=O) groups excluding carboxylic acids is 2. The highest BCUT2D eigenvalue weighted by atomic mass is 19.1. The van der Waals surface area contributed by atoms with Gasteiger partial charge in [-0.05, 0) is 43.2 Å². The summed E-state index contributed by atoms with van der Waals surface area (Å²) in [6.45, 7) is 3.47. The lowest BCUT2D eigenvalue weighted by Gasteiger charge is -2.13. The van der Waals surface area contributed by atoms with Crippen molar-refractivity contribution in [2.45, 2.75) is 13.8 Å². The topological polar surface area (TPSA) is 109 Å². The number of rotatable bonds is 3. The zero-order valence-corrected chi connectivity index (χ0v) is 12.5. The zero-order valence-electron chi connectivity index (χ0n) is 12.5. The Kier molecular flexibility index (Phi) is 4.37. The summed E-state index contributed by atoms with van der Waals surface area (Å²) in [6.07, 6.45) is 0.833. The van der Waals surface area contributed by atoms with Crippen LogP contribution in [0.3, 0.4) is 0 Å². The van der Waals surface area contributed by atoms with Crippen molar-refractivity contribution in [2.24, 2.45) is 5.73 Å². The average molecular weight is 312 g/mol.